The second kappa shape index (κ2) is 7.36. The maximum atomic E-state index is 12.2. The molecule has 3 nitrogen and oxygen atoms in total. The molecule has 0 bridgehead atoms. The summed E-state index contributed by atoms with van der Waals surface area (Å²) < 4.78 is 5.85. The second-order valence-electron chi connectivity index (χ2n) is 5.63. The van der Waals surface area contributed by atoms with E-state index in [2.05, 4.69) is 18.8 Å². The van der Waals surface area contributed by atoms with Gasteiger partial charge in [0.2, 0.25) is 0 Å². The fraction of sp³-hybridized carbons (Fsp3) is 0.412. The van der Waals surface area contributed by atoms with E-state index in [1.54, 1.807) is 6.20 Å². The molecule has 0 aliphatic rings. The number of hydrogen-bond acceptors (Lipinski definition) is 4. The average Bonchev–Trinajstić information content (AvgIpc) is 2.91. The van der Waals surface area contributed by atoms with Gasteiger partial charge >= 0.3 is 0 Å². The highest BCUT2D eigenvalue weighted by atomic mass is 32.1. The zero-order valence-corrected chi connectivity index (χ0v) is 13.6. The van der Waals surface area contributed by atoms with Crippen LogP contribution in [0.25, 0.3) is 0 Å². The van der Waals surface area contributed by atoms with E-state index in [4.69, 9.17) is 4.74 Å². The number of rotatable bonds is 7. The summed E-state index contributed by atoms with van der Waals surface area (Å²) in [5.74, 6) is 1.46. The molecule has 21 heavy (non-hydrogen) atoms. The molecule has 0 saturated carbocycles. The van der Waals surface area contributed by atoms with E-state index in [9.17, 15) is 4.79 Å². The van der Waals surface area contributed by atoms with E-state index in [1.807, 2.05) is 30.5 Å². The number of carbonyl (C=O) groups is 1. The third-order valence-electron chi connectivity index (χ3n) is 3.01. The lowest BCUT2D eigenvalue weighted by Gasteiger charge is -2.13. The summed E-state index contributed by atoms with van der Waals surface area (Å²) in [5, 5.41) is 2.77. The third kappa shape index (κ3) is 4.97. The number of aryl methyl sites for hydroxylation is 1. The molecule has 1 aromatic carbocycles. The normalized spacial score (nSPS) is 10.9. The molecule has 0 N–H and O–H groups in total. The Bertz CT molecular complexity index is 591. The van der Waals surface area contributed by atoms with Crippen LogP contribution in [0.3, 0.4) is 0 Å². The number of aromatic nitrogens is 1. The van der Waals surface area contributed by atoms with E-state index >= 15 is 0 Å². The summed E-state index contributed by atoms with van der Waals surface area (Å²) in [6, 6.07) is 6.02. The van der Waals surface area contributed by atoms with Crippen LogP contribution in [0, 0.1) is 12.8 Å². The Kier molecular flexibility index (Phi) is 5.51. The lowest BCUT2D eigenvalue weighted by atomic mass is 10.0. The number of nitrogens with zero attached hydrogens (tertiary/aromatic N) is 1. The van der Waals surface area contributed by atoms with Gasteiger partial charge in [-0.2, -0.15) is 0 Å². The number of thiazole rings is 1. The van der Waals surface area contributed by atoms with Crippen LogP contribution < -0.4 is 4.74 Å². The second-order valence-corrected chi connectivity index (χ2v) is 6.61. The van der Waals surface area contributed by atoms with Crippen LogP contribution in [0.5, 0.6) is 5.75 Å². The van der Waals surface area contributed by atoms with E-state index in [-0.39, 0.29) is 5.78 Å². The maximum Gasteiger partial charge on any atom is 0.144 e. The topological polar surface area (TPSA) is 39.2 Å². The first kappa shape index (κ1) is 15.7. The Balaban J connectivity index is 2.05. The lowest BCUT2D eigenvalue weighted by molar-refractivity contribution is -0.117. The van der Waals surface area contributed by atoms with Gasteiger partial charge in [-0.3, -0.25) is 4.79 Å². The third-order valence-corrected chi connectivity index (χ3v) is 3.79. The Morgan fingerprint density at radius 1 is 1.33 bits per heavy atom. The Hall–Kier alpha value is -1.68. The highest BCUT2D eigenvalue weighted by Gasteiger charge is 2.12. The first-order valence-corrected chi connectivity index (χ1v) is 8.05. The monoisotopic (exact) mass is 303 g/mol. The molecule has 112 valence electrons. The molecule has 0 amide bonds. The van der Waals surface area contributed by atoms with Crippen molar-refractivity contribution in [1.82, 2.24) is 4.98 Å². The van der Waals surface area contributed by atoms with Crippen molar-refractivity contribution in [3.63, 3.8) is 0 Å². The molecule has 1 aromatic heterocycles. The van der Waals surface area contributed by atoms with Crippen LogP contribution in [-0.2, 0) is 17.6 Å². The van der Waals surface area contributed by atoms with E-state index in [1.165, 1.54) is 11.3 Å². The Labute approximate surface area is 130 Å². The van der Waals surface area contributed by atoms with Gasteiger partial charge in [0, 0.05) is 23.6 Å². The average molecular weight is 303 g/mol. The van der Waals surface area contributed by atoms with Crippen molar-refractivity contribution in [3.8, 4) is 5.75 Å². The minimum Gasteiger partial charge on any atom is -0.493 e. The molecule has 0 fully saturated rings. The molecule has 0 spiro atoms. The molecule has 0 saturated heterocycles. The maximum absolute atomic E-state index is 12.2. The van der Waals surface area contributed by atoms with E-state index in [0.29, 0.717) is 25.4 Å². The van der Waals surface area contributed by atoms with E-state index < -0.39 is 0 Å². The lowest BCUT2D eigenvalue weighted by Crippen LogP contribution is -2.10. The molecule has 0 aliphatic heterocycles. The first-order chi connectivity index (χ1) is 10.0. The number of carbonyl (C=O) groups excluding carboxylic acids is 1. The van der Waals surface area contributed by atoms with Crippen molar-refractivity contribution < 1.29 is 9.53 Å². The Morgan fingerprint density at radius 3 is 2.81 bits per heavy atom. The minimum absolute atomic E-state index is 0.170. The van der Waals surface area contributed by atoms with Crippen molar-refractivity contribution in [2.24, 2.45) is 5.92 Å². The summed E-state index contributed by atoms with van der Waals surface area (Å²) in [6.45, 7) is 6.92. The van der Waals surface area contributed by atoms with Crippen molar-refractivity contribution >= 4 is 17.1 Å². The number of ether oxygens (including phenoxy) is 1. The molecular formula is C17H21NO2S. The van der Waals surface area contributed by atoms with Gasteiger partial charge in [-0.05, 0) is 24.5 Å². The summed E-state index contributed by atoms with van der Waals surface area (Å²) >= 11 is 1.52. The SMILES string of the molecule is Cc1ccc(CC(=O)Cc2nccs2)c(OCC(C)C)c1. The van der Waals surface area contributed by atoms with Gasteiger partial charge in [-0.25, -0.2) is 4.98 Å². The Morgan fingerprint density at radius 2 is 2.14 bits per heavy atom. The fourth-order valence-electron chi connectivity index (χ4n) is 1.98. The molecule has 0 aliphatic carbocycles. The van der Waals surface area contributed by atoms with Crippen molar-refractivity contribution in [2.45, 2.75) is 33.6 Å². The van der Waals surface area contributed by atoms with Crippen LogP contribution >= 0.6 is 11.3 Å². The zero-order chi connectivity index (χ0) is 15.2. The predicted octanol–water partition coefficient (Wildman–Crippen LogP) is 3.84. The quantitative estimate of drug-likeness (QED) is 0.780. The first-order valence-electron chi connectivity index (χ1n) is 7.17. The summed E-state index contributed by atoms with van der Waals surface area (Å²) in [4.78, 5) is 16.3. The van der Waals surface area contributed by atoms with Gasteiger partial charge in [-0.1, -0.05) is 26.0 Å². The standard InChI is InChI=1S/C17H21NO2S/c1-12(2)11-20-16-8-13(3)4-5-14(16)9-15(19)10-17-18-6-7-21-17/h4-8,12H,9-11H2,1-3H3. The van der Waals surface area contributed by atoms with Gasteiger partial charge in [0.15, 0.2) is 0 Å². The van der Waals surface area contributed by atoms with Crippen molar-refractivity contribution in [3.05, 3.63) is 45.9 Å². The predicted molar refractivity (Wildman–Crippen MR) is 86.0 cm³/mol. The van der Waals surface area contributed by atoms with Crippen LogP contribution in [0.2, 0.25) is 0 Å². The largest absolute Gasteiger partial charge is 0.493 e. The highest BCUT2D eigenvalue weighted by molar-refractivity contribution is 7.09. The van der Waals surface area contributed by atoms with Crippen molar-refractivity contribution in [1.29, 1.82) is 0 Å². The fourth-order valence-corrected chi connectivity index (χ4v) is 2.63. The molecule has 0 radical (unpaired) electrons. The molecule has 2 aromatic rings. The number of ketones is 1. The molecule has 0 atom stereocenters. The summed E-state index contributed by atoms with van der Waals surface area (Å²) in [7, 11) is 0. The molecule has 4 heteroatoms. The summed E-state index contributed by atoms with van der Waals surface area (Å²) in [5.41, 5.74) is 2.10. The number of hydrogen-bond donors (Lipinski definition) is 0. The van der Waals surface area contributed by atoms with Gasteiger partial charge < -0.3 is 4.74 Å². The van der Waals surface area contributed by atoms with Crippen LogP contribution in [0.4, 0.5) is 0 Å². The van der Waals surface area contributed by atoms with Crippen LogP contribution in [-0.4, -0.2) is 17.4 Å². The molecule has 0 unspecified atom stereocenters. The van der Waals surface area contributed by atoms with Crippen LogP contribution in [0.1, 0.15) is 30.0 Å². The van der Waals surface area contributed by atoms with Gasteiger partial charge in [0.25, 0.3) is 0 Å². The molecule has 1 heterocycles. The van der Waals surface area contributed by atoms with Crippen LogP contribution in [0.15, 0.2) is 29.8 Å². The summed E-state index contributed by atoms with van der Waals surface area (Å²) in [6.07, 6.45) is 2.53. The number of benzene rings is 1. The highest BCUT2D eigenvalue weighted by Crippen LogP contribution is 2.22. The van der Waals surface area contributed by atoms with Gasteiger partial charge in [0.1, 0.15) is 11.5 Å². The molecule has 2 rings (SSSR count). The molecular weight excluding hydrogens is 282 g/mol. The van der Waals surface area contributed by atoms with E-state index in [0.717, 1.165) is 21.9 Å². The van der Waals surface area contributed by atoms with Gasteiger partial charge in [-0.15, -0.1) is 11.3 Å². The smallest absolute Gasteiger partial charge is 0.144 e. The van der Waals surface area contributed by atoms with Crippen molar-refractivity contribution in [2.75, 3.05) is 6.61 Å². The van der Waals surface area contributed by atoms with Gasteiger partial charge in [0.05, 0.1) is 18.0 Å². The zero-order valence-electron chi connectivity index (χ0n) is 12.8. The number of Topliss-reactive ketones (excluding diaryl/α,β-unsaturated/α-hetero) is 1. The minimum atomic E-state index is 0.170.